The standard InChI is InChI=1S/C22H25F5N2O3/c1-11-14-4-3-13(23)9-15(14)21(30)28-5-6-32-10-18(11)29(2)22(31)12-7-16(24)19(20(26)27)17(25)8-12/h3-4,9,12,16-20H,1,5-8,10H2,2H3,(H,28,30)/t12?,16-,17?,18?,19?/m1/s1. The first-order chi connectivity index (χ1) is 15.1. The Labute approximate surface area is 182 Å². The van der Waals surface area contributed by atoms with E-state index >= 15 is 0 Å². The van der Waals surface area contributed by atoms with Crippen LogP contribution in [0.5, 0.6) is 0 Å². The monoisotopic (exact) mass is 460 g/mol. The highest BCUT2D eigenvalue weighted by atomic mass is 19.3. The second kappa shape index (κ2) is 9.97. The van der Waals surface area contributed by atoms with Crippen LogP contribution < -0.4 is 5.32 Å². The molecule has 1 aromatic rings. The van der Waals surface area contributed by atoms with Gasteiger partial charge in [-0.1, -0.05) is 12.6 Å². The molecule has 1 saturated carbocycles. The van der Waals surface area contributed by atoms with E-state index in [9.17, 15) is 31.5 Å². The molecule has 10 heteroatoms. The number of benzene rings is 1. The van der Waals surface area contributed by atoms with Crippen molar-refractivity contribution in [3.05, 3.63) is 41.7 Å². The second-order valence-electron chi connectivity index (χ2n) is 8.12. The molecule has 2 amide bonds. The highest BCUT2D eigenvalue weighted by Gasteiger charge is 2.46. The van der Waals surface area contributed by atoms with Gasteiger partial charge >= 0.3 is 0 Å². The van der Waals surface area contributed by atoms with E-state index in [0.717, 1.165) is 12.1 Å². The van der Waals surface area contributed by atoms with Gasteiger partial charge in [0, 0.05) is 25.1 Å². The Morgan fingerprint density at radius 1 is 1.22 bits per heavy atom. The average Bonchev–Trinajstić information content (AvgIpc) is 2.73. The van der Waals surface area contributed by atoms with Gasteiger partial charge in [0.1, 0.15) is 18.2 Å². The Balaban J connectivity index is 1.86. The van der Waals surface area contributed by atoms with Crippen LogP contribution in [0.25, 0.3) is 5.57 Å². The van der Waals surface area contributed by atoms with Crippen LogP contribution in [-0.2, 0) is 9.53 Å². The van der Waals surface area contributed by atoms with Crippen molar-refractivity contribution >= 4 is 17.4 Å². The molecule has 4 unspecified atom stereocenters. The van der Waals surface area contributed by atoms with Gasteiger partial charge in [0.05, 0.1) is 25.2 Å². The van der Waals surface area contributed by atoms with Crippen molar-refractivity contribution in [2.75, 3.05) is 26.8 Å². The zero-order valence-electron chi connectivity index (χ0n) is 17.5. The van der Waals surface area contributed by atoms with Gasteiger partial charge in [-0.05, 0) is 36.1 Å². The molecular weight excluding hydrogens is 435 g/mol. The molecule has 1 aromatic carbocycles. The number of rotatable bonds is 3. The number of nitrogens with one attached hydrogen (secondary N) is 1. The van der Waals surface area contributed by atoms with Crippen molar-refractivity contribution in [3.63, 3.8) is 0 Å². The molecule has 0 aromatic heterocycles. The minimum Gasteiger partial charge on any atom is -0.377 e. The first kappa shape index (κ1) is 24.2. The van der Waals surface area contributed by atoms with Gasteiger partial charge < -0.3 is 15.0 Å². The van der Waals surface area contributed by atoms with Gasteiger partial charge in [0.15, 0.2) is 0 Å². The van der Waals surface area contributed by atoms with Crippen LogP contribution in [-0.4, -0.2) is 68.3 Å². The fourth-order valence-electron chi connectivity index (χ4n) is 4.28. The quantitative estimate of drug-likeness (QED) is 0.704. The summed E-state index contributed by atoms with van der Waals surface area (Å²) in [5.74, 6) is -4.97. The van der Waals surface area contributed by atoms with Crippen molar-refractivity contribution in [1.29, 1.82) is 0 Å². The molecule has 0 radical (unpaired) electrons. The van der Waals surface area contributed by atoms with Crippen LogP contribution in [0, 0.1) is 17.7 Å². The highest BCUT2D eigenvalue weighted by Crippen LogP contribution is 2.38. The molecule has 5 nitrogen and oxygen atoms in total. The lowest BCUT2D eigenvalue weighted by Gasteiger charge is -2.38. The normalized spacial score (nSPS) is 29.3. The molecule has 0 spiro atoms. The Bertz CT molecular complexity index is 869. The number of likely N-dealkylation sites (N-methyl/N-ethyl adjacent to an activating group) is 1. The first-order valence-corrected chi connectivity index (χ1v) is 10.3. The van der Waals surface area contributed by atoms with E-state index in [0.29, 0.717) is 5.56 Å². The van der Waals surface area contributed by atoms with E-state index in [2.05, 4.69) is 11.9 Å². The molecule has 5 atom stereocenters. The summed E-state index contributed by atoms with van der Waals surface area (Å²) in [6.45, 7) is 4.20. The van der Waals surface area contributed by atoms with Crippen LogP contribution >= 0.6 is 0 Å². The van der Waals surface area contributed by atoms with E-state index in [4.69, 9.17) is 4.74 Å². The number of carbonyl (C=O) groups is 2. The van der Waals surface area contributed by atoms with Gasteiger partial charge in [-0.15, -0.1) is 0 Å². The fraction of sp³-hybridized carbons (Fsp3) is 0.545. The van der Waals surface area contributed by atoms with E-state index in [1.54, 1.807) is 0 Å². The number of ether oxygens (including phenoxy) is 1. The summed E-state index contributed by atoms with van der Waals surface area (Å²) < 4.78 is 73.7. The zero-order valence-corrected chi connectivity index (χ0v) is 17.5. The summed E-state index contributed by atoms with van der Waals surface area (Å²) in [5.41, 5.74) is 0.614. The Kier molecular flexibility index (Phi) is 7.53. The van der Waals surface area contributed by atoms with Crippen LogP contribution in [0.2, 0.25) is 0 Å². The zero-order chi connectivity index (χ0) is 23.6. The first-order valence-electron chi connectivity index (χ1n) is 10.3. The average molecular weight is 460 g/mol. The number of fused-ring (bicyclic) bond motifs is 1. The van der Waals surface area contributed by atoms with Crippen LogP contribution in [0.4, 0.5) is 22.0 Å². The molecule has 2 aliphatic rings. The largest absolute Gasteiger partial charge is 0.377 e. The van der Waals surface area contributed by atoms with Crippen molar-refractivity contribution in [2.45, 2.75) is 37.7 Å². The number of amides is 2. The van der Waals surface area contributed by atoms with Crippen molar-refractivity contribution in [1.82, 2.24) is 10.2 Å². The smallest absolute Gasteiger partial charge is 0.252 e. The number of carbonyl (C=O) groups excluding carboxylic acids is 2. The maximum absolute atomic E-state index is 14.2. The lowest BCUT2D eigenvalue weighted by Crippen LogP contribution is -2.49. The van der Waals surface area contributed by atoms with Gasteiger partial charge in [-0.3, -0.25) is 9.59 Å². The molecule has 32 heavy (non-hydrogen) atoms. The van der Waals surface area contributed by atoms with Crippen molar-refractivity contribution in [2.24, 2.45) is 11.8 Å². The molecule has 1 aliphatic heterocycles. The Hall–Kier alpha value is -2.49. The summed E-state index contributed by atoms with van der Waals surface area (Å²) in [7, 11) is 1.40. The minimum atomic E-state index is -3.15. The maximum atomic E-state index is 14.2. The van der Waals surface area contributed by atoms with Crippen LogP contribution in [0.3, 0.4) is 0 Å². The minimum absolute atomic E-state index is 0.0295. The van der Waals surface area contributed by atoms with Crippen LogP contribution in [0.1, 0.15) is 28.8 Å². The summed E-state index contributed by atoms with van der Waals surface area (Å²) in [5, 5.41) is 2.60. The maximum Gasteiger partial charge on any atom is 0.252 e. The molecule has 0 saturated heterocycles. The highest BCUT2D eigenvalue weighted by molar-refractivity contribution is 5.99. The lowest BCUT2D eigenvalue weighted by molar-refractivity contribution is -0.142. The topological polar surface area (TPSA) is 58.6 Å². The van der Waals surface area contributed by atoms with Gasteiger partial charge in [-0.2, -0.15) is 0 Å². The van der Waals surface area contributed by atoms with E-state index < -0.39 is 67.1 Å². The predicted octanol–water partition coefficient (Wildman–Crippen LogP) is 3.39. The molecule has 1 fully saturated rings. The summed E-state index contributed by atoms with van der Waals surface area (Å²) in [6, 6.07) is 2.75. The third-order valence-corrected chi connectivity index (χ3v) is 6.09. The molecule has 0 bridgehead atoms. The summed E-state index contributed by atoms with van der Waals surface area (Å²) in [6.07, 6.45) is -8.46. The fourth-order valence-corrected chi connectivity index (χ4v) is 4.28. The summed E-state index contributed by atoms with van der Waals surface area (Å²) in [4.78, 5) is 26.7. The van der Waals surface area contributed by atoms with Gasteiger partial charge in [-0.25, -0.2) is 22.0 Å². The molecule has 1 aliphatic carbocycles. The predicted molar refractivity (Wildman–Crippen MR) is 107 cm³/mol. The Morgan fingerprint density at radius 2 is 1.88 bits per heavy atom. The SMILES string of the molecule is C=C1c2ccc(F)cc2C(=O)NCCOCC1N(C)C(=O)C1CC(F)C(C(F)F)[C@H](F)C1. The number of hydrogen-bond donors (Lipinski definition) is 1. The number of alkyl halides is 4. The lowest BCUT2D eigenvalue weighted by atomic mass is 9.78. The third-order valence-electron chi connectivity index (χ3n) is 6.09. The number of hydrogen-bond acceptors (Lipinski definition) is 3. The molecule has 1 heterocycles. The molecule has 1 N–H and O–H groups in total. The van der Waals surface area contributed by atoms with E-state index in [-0.39, 0.29) is 30.9 Å². The van der Waals surface area contributed by atoms with Crippen molar-refractivity contribution < 1.29 is 36.3 Å². The second-order valence-corrected chi connectivity index (χ2v) is 8.12. The summed E-state index contributed by atoms with van der Waals surface area (Å²) >= 11 is 0. The molecular formula is C22H25F5N2O3. The van der Waals surface area contributed by atoms with Crippen molar-refractivity contribution in [3.8, 4) is 0 Å². The molecule has 176 valence electrons. The van der Waals surface area contributed by atoms with E-state index in [1.807, 2.05) is 0 Å². The number of nitrogens with zero attached hydrogens (tertiary/aromatic N) is 1. The van der Waals surface area contributed by atoms with Crippen LogP contribution in [0.15, 0.2) is 24.8 Å². The van der Waals surface area contributed by atoms with Gasteiger partial charge in [0.2, 0.25) is 12.3 Å². The molecule has 3 rings (SSSR count). The van der Waals surface area contributed by atoms with Gasteiger partial charge in [0.25, 0.3) is 5.91 Å². The Morgan fingerprint density at radius 3 is 2.50 bits per heavy atom. The third kappa shape index (κ3) is 4.95. The number of halogens is 5. The van der Waals surface area contributed by atoms with E-state index in [1.165, 1.54) is 18.0 Å².